The van der Waals surface area contributed by atoms with Crippen LogP contribution >= 0.6 is 11.8 Å². The SMILES string of the molecule is COC(=O)c1cccc(Cn2cc(/C=C3\SC(=Nc4ccc(C)c(C)c4)NC3=O)c3ccccc32)c1. The Balaban J connectivity index is 1.45. The van der Waals surface area contributed by atoms with Crippen molar-refractivity contribution in [1.82, 2.24) is 9.88 Å². The highest BCUT2D eigenvalue weighted by molar-refractivity contribution is 8.18. The molecule has 7 heteroatoms. The topological polar surface area (TPSA) is 72.7 Å². The minimum Gasteiger partial charge on any atom is -0.465 e. The average Bonchev–Trinajstić information content (AvgIpc) is 3.40. The third-order valence-electron chi connectivity index (χ3n) is 6.18. The van der Waals surface area contributed by atoms with Gasteiger partial charge in [-0.15, -0.1) is 0 Å². The molecule has 36 heavy (non-hydrogen) atoms. The Morgan fingerprint density at radius 1 is 1.06 bits per heavy atom. The third kappa shape index (κ3) is 4.83. The number of nitrogens with zero attached hydrogens (tertiary/aromatic N) is 2. The Morgan fingerprint density at radius 2 is 1.89 bits per heavy atom. The lowest BCUT2D eigenvalue weighted by atomic mass is 10.1. The highest BCUT2D eigenvalue weighted by Gasteiger charge is 2.24. The summed E-state index contributed by atoms with van der Waals surface area (Å²) in [6.45, 7) is 4.69. The first-order chi connectivity index (χ1) is 17.4. The predicted molar refractivity (Wildman–Crippen MR) is 146 cm³/mol. The number of carbonyl (C=O) groups is 2. The summed E-state index contributed by atoms with van der Waals surface area (Å²) in [5.41, 5.74) is 6.66. The number of hydrogen-bond donors (Lipinski definition) is 1. The molecule has 1 amide bonds. The zero-order chi connectivity index (χ0) is 25.2. The summed E-state index contributed by atoms with van der Waals surface area (Å²) in [6.07, 6.45) is 3.95. The lowest BCUT2D eigenvalue weighted by Crippen LogP contribution is -2.19. The first-order valence-corrected chi connectivity index (χ1v) is 12.3. The van der Waals surface area contributed by atoms with Crippen LogP contribution in [0.15, 0.2) is 82.8 Å². The number of hydrogen-bond acceptors (Lipinski definition) is 5. The van der Waals surface area contributed by atoms with Gasteiger partial charge in [0.2, 0.25) is 0 Å². The normalized spacial score (nSPS) is 15.6. The van der Waals surface area contributed by atoms with Crippen LogP contribution < -0.4 is 5.32 Å². The van der Waals surface area contributed by atoms with E-state index in [9.17, 15) is 9.59 Å². The molecule has 3 aromatic carbocycles. The molecule has 0 spiro atoms. The van der Waals surface area contributed by atoms with E-state index in [0.717, 1.165) is 33.3 Å². The smallest absolute Gasteiger partial charge is 0.337 e. The van der Waals surface area contributed by atoms with E-state index in [2.05, 4.69) is 27.9 Å². The van der Waals surface area contributed by atoms with E-state index in [4.69, 9.17) is 4.74 Å². The first-order valence-electron chi connectivity index (χ1n) is 11.5. The fraction of sp³-hybridized carbons (Fsp3) is 0.138. The van der Waals surface area contributed by atoms with Gasteiger partial charge in [-0.3, -0.25) is 4.79 Å². The van der Waals surface area contributed by atoms with E-state index in [0.29, 0.717) is 22.2 Å². The standard InChI is InChI=1S/C29H25N3O3S/c1-18-11-12-23(13-19(18)2)30-29-31-27(33)26(36-29)15-22-17-32(25-10-5-4-9-24(22)25)16-20-7-6-8-21(14-20)28(34)35-3/h4-15,17H,16H2,1-3H3,(H,30,31,33)/b26-15-. The predicted octanol–water partition coefficient (Wildman–Crippen LogP) is 5.98. The molecule has 1 N–H and O–H groups in total. The zero-order valence-electron chi connectivity index (χ0n) is 20.2. The van der Waals surface area contributed by atoms with Crippen LogP contribution in [0.5, 0.6) is 0 Å². The number of methoxy groups -OCH3 is 1. The second-order valence-corrected chi connectivity index (χ2v) is 9.70. The molecule has 1 aromatic heterocycles. The lowest BCUT2D eigenvalue weighted by Gasteiger charge is -2.07. The molecule has 1 fully saturated rings. The van der Waals surface area contributed by atoms with Crippen LogP contribution in [0.2, 0.25) is 0 Å². The minimum absolute atomic E-state index is 0.162. The van der Waals surface area contributed by atoms with E-state index in [1.165, 1.54) is 24.4 Å². The van der Waals surface area contributed by atoms with E-state index in [-0.39, 0.29) is 11.9 Å². The van der Waals surface area contributed by atoms with Gasteiger partial charge in [0.15, 0.2) is 5.17 Å². The van der Waals surface area contributed by atoms with Crippen molar-refractivity contribution in [2.75, 3.05) is 7.11 Å². The number of esters is 1. The molecule has 4 aromatic rings. The lowest BCUT2D eigenvalue weighted by molar-refractivity contribution is -0.115. The van der Waals surface area contributed by atoms with Crippen LogP contribution in [-0.4, -0.2) is 28.7 Å². The number of amidine groups is 1. The van der Waals surface area contributed by atoms with Gasteiger partial charge in [0, 0.05) is 29.2 Å². The number of carbonyl (C=O) groups excluding carboxylic acids is 2. The van der Waals surface area contributed by atoms with Crippen molar-refractivity contribution in [3.8, 4) is 0 Å². The summed E-state index contributed by atoms with van der Waals surface area (Å²) in [4.78, 5) is 29.9. The van der Waals surface area contributed by atoms with Gasteiger partial charge in [-0.2, -0.15) is 0 Å². The number of aryl methyl sites for hydroxylation is 2. The molecule has 2 heterocycles. The van der Waals surface area contributed by atoms with Crippen LogP contribution in [0.25, 0.3) is 17.0 Å². The number of aromatic nitrogens is 1. The van der Waals surface area contributed by atoms with Crippen molar-refractivity contribution in [2.24, 2.45) is 4.99 Å². The quantitative estimate of drug-likeness (QED) is 0.273. The number of fused-ring (bicyclic) bond motifs is 1. The molecular weight excluding hydrogens is 470 g/mol. The Morgan fingerprint density at radius 3 is 2.69 bits per heavy atom. The summed E-state index contributed by atoms with van der Waals surface area (Å²) in [6, 6.07) is 21.5. The monoisotopic (exact) mass is 495 g/mol. The van der Waals surface area contributed by atoms with Crippen LogP contribution in [0.1, 0.15) is 32.6 Å². The van der Waals surface area contributed by atoms with E-state index in [1.54, 1.807) is 6.07 Å². The zero-order valence-corrected chi connectivity index (χ0v) is 21.1. The number of benzene rings is 3. The van der Waals surface area contributed by atoms with Crippen LogP contribution in [0, 0.1) is 13.8 Å². The van der Waals surface area contributed by atoms with Gasteiger partial charge in [0.25, 0.3) is 5.91 Å². The number of nitrogens with one attached hydrogen (secondary N) is 1. The molecule has 0 atom stereocenters. The molecule has 180 valence electrons. The van der Waals surface area contributed by atoms with Crippen LogP contribution in [-0.2, 0) is 16.1 Å². The second-order valence-electron chi connectivity index (χ2n) is 8.67. The fourth-order valence-corrected chi connectivity index (χ4v) is 5.00. The summed E-state index contributed by atoms with van der Waals surface area (Å²) in [5, 5.41) is 4.49. The highest BCUT2D eigenvalue weighted by atomic mass is 32.2. The van der Waals surface area contributed by atoms with Crippen molar-refractivity contribution >= 4 is 51.5 Å². The minimum atomic E-state index is -0.359. The molecule has 5 rings (SSSR count). The van der Waals surface area contributed by atoms with Crippen molar-refractivity contribution < 1.29 is 14.3 Å². The molecule has 1 aliphatic rings. The van der Waals surface area contributed by atoms with E-state index < -0.39 is 0 Å². The maximum Gasteiger partial charge on any atom is 0.337 e. The molecule has 0 aliphatic carbocycles. The maximum absolute atomic E-state index is 12.7. The number of thioether (sulfide) groups is 1. The first kappa shape index (κ1) is 23.6. The molecule has 0 radical (unpaired) electrons. The van der Waals surface area contributed by atoms with Gasteiger partial charge in [-0.05, 0) is 78.7 Å². The Bertz CT molecular complexity index is 1570. The number of ether oxygens (including phenoxy) is 1. The Hall–Kier alpha value is -4.10. The maximum atomic E-state index is 12.7. The van der Waals surface area contributed by atoms with E-state index >= 15 is 0 Å². The summed E-state index contributed by atoms with van der Waals surface area (Å²) >= 11 is 1.34. The number of rotatable bonds is 5. The van der Waals surface area contributed by atoms with Gasteiger partial charge >= 0.3 is 5.97 Å². The van der Waals surface area contributed by atoms with Gasteiger partial charge in [-0.25, -0.2) is 9.79 Å². The van der Waals surface area contributed by atoms with Crippen LogP contribution in [0.4, 0.5) is 5.69 Å². The summed E-state index contributed by atoms with van der Waals surface area (Å²) in [5.74, 6) is -0.521. The van der Waals surface area contributed by atoms with Crippen LogP contribution in [0.3, 0.4) is 0 Å². The average molecular weight is 496 g/mol. The number of aliphatic imine (C=N–C) groups is 1. The second kappa shape index (κ2) is 9.87. The van der Waals surface area contributed by atoms with Crippen molar-refractivity contribution in [2.45, 2.75) is 20.4 Å². The van der Waals surface area contributed by atoms with Crippen molar-refractivity contribution in [3.05, 3.63) is 106 Å². The van der Waals surface area contributed by atoms with Gasteiger partial charge in [0.05, 0.1) is 23.3 Å². The molecule has 0 bridgehead atoms. The third-order valence-corrected chi connectivity index (χ3v) is 7.09. The molecule has 0 unspecified atom stereocenters. The molecule has 0 saturated carbocycles. The number of para-hydroxylation sites is 1. The van der Waals surface area contributed by atoms with Gasteiger partial charge < -0.3 is 14.6 Å². The van der Waals surface area contributed by atoms with Crippen molar-refractivity contribution in [3.63, 3.8) is 0 Å². The summed E-state index contributed by atoms with van der Waals surface area (Å²) in [7, 11) is 1.38. The van der Waals surface area contributed by atoms with Gasteiger partial charge in [-0.1, -0.05) is 36.4 Å². The Kier molecular flexibility index (Phi) is 6.48. The Labute approximate surface area is 213 Å². The molecule has 6 nitrogen and oxygen atoms in total. The fourth-order valence-electron chi connectivity index (χ4n) is 4.17. The summed E-state index contributed by atoms with van der Waals surface area (Å²) < 4.78 is 6.98. The van der Waals surface area contributed by atoms with Gasteiger partial charge in [0.1, 0.15) is 0 Å². The molecular formula is C29H25N3O3S. The molecule has 1 saturated heterocycles. The number of amides is 1. The van der Waals surface area contributed by atoms with E-state index in [1.807, 2.05) is 73.8 Å². The van der Waals surface area contributed by atoms with Crippen molar-refractivity contribution in [1.29, 1.82) is 0 Å². The highest BCUT2D eigenvalue weighted by Crippen LogP contribution is 2.31. The molecule has 1 aliphatic heterocycles. The largest absolute Gasteiger partial charge is 0.465 e.